The molecule has 3 atom stereocenters. The van der Waals surface area contributed by atoms with Crippen molar-refractivity contribution >= 4 is 39.9 Å². The van der Waals surface area contributed by atoms with Gasteiger partial charge in [-0.15, -0.1) is 0 Å². The number of carbonyl (C=O) groups is 1. The Bertz CT molecular complexity index is 843. The molecular formula is C19H19Cl2NO3S. The van der Waals surface area contributed by atoms with Crippen molar-refractivity contribution < 1.29 is 13.7 Å². The Kier molecular flexibility index (Phi) is 6.22. The number of hydrogen-bond acceptors (Lipinski definition) is 3. The fraction of sp³-hybridized carbons (Fsp3) is 0.316. The van der Waals surface area contributed by atoms with Crippen LogP contribution in [0.15, 0.2) is 42.5 Å². The number of rotatable bonds is 5. The first kappa shape index (κ1) is 19.2. The minimum Gasteiger partial charge on any atom is -0.493 e. The molecule has 2 aromatic rings. The molecule has 138 valence electrons. The summed E-state index contributed by atoms with van der Waals surface area (Å²) in [6, 6.07) is 12.6. The van der Waals surface area contributed by atoms with Crippen LogP contribution in [0, 0.1) is 0 Å². The molecule has 0 saturated heterocycles. The molecule has 0 saturated carbocycles. The van der Waals surface area contributed by atoms with E-state index in [1.165, 1.54) is 0 Å². The Morgan fingerprint density at radius 1 is 1.27 bits per heavy atom. The highest BCUT2D eigenvalue weighted by molar-refractivity contribution is 7.85. The van der Waals surface area contributed by atoms with Crippen molar-refractivity contribution in [2.75, 3.05) is 6.61 Å². The van der Waals surface area contributed by atoms with Gasteiger partial charge in [-0.1, -0.05) is 47.5 Å². The van der Waals surface area contributed by atoms with Crippen LogP contribution in [0.3, 0.4) is 0 Å². The molecule has 4 nitrogen and oxygen atoms in total. The van der Waals surface area contributed by atoms with E-state index in [0.717, 1.165) is 16.9 Å². The Labute approximate surface area is 165 Å². The highest BCUT2D eigenvalue weighted by Crippen LogP contribution is 2.31. The maximum absolute atomic E-state index is 12.6. The SMILES string of the molecule is C[C@H](C(=O)N[C@@H]1CCOc2ccccc21)[S@](=O)Cc1ccc(Cl)c(Cl)c1. The monoisotopic (exact) mass is 411 g/mol. The summed E-state index contributed by atoms with van der Waals surface area (Å²) in [7, 11) is -1.37. The summed E-state index contributed by atoms with van der Waals surface area (Å²) in [5, 5.41) is 3.23. The van der Waals surface area contributed by atoms with Gasteiger partial charge in [0.25, 0.3) is 0 Å². The van der Waals surface area contributed by atoms with Crippen LogP contribution >= 0.6 is 23.2 Å². The topological polar surface area (TPSA) is 55.4 Å². The molecular weight excluding hydrogens is 393 g/mol. The lowest BCUT2D eigenvalue weighted by Crippen LogP contribution is -2.39. The number of ether oxygens (including phenoxy) is 1. The summed E-state index contributed by atoms with van der Waals surface area (Å²) in [5.74, 6) is 0.800. The number of halogens is 2. The molecule has 0 bridgehead atoms. The predicted octanol–water partition coefficient (Wildman–Crippen LogP) is 4.27. The van der Waals surface area contributed by atoms with Crippen molar-refractivity contribution in [2.24, 2.45) is 0 Å². The van der Waals surface area contributed by atoms with Gasteiger partial charge in [-0.25, -0.2) is 0 Å². The van der Waals surface area contributed by atoms with Gasteiger partial charge in [-0.05, 0) is 30.7 Å². The summed E-state index contributed by atoms with van der Waals surface area (Å²) in [6.07, 6.45) is 0.689. The molecule has 0 aliphatic carbocycles. The molecule has 0 unspecified atom stereocenters. The van der Waals surface area contributed by atoms with Gasteiger partial charge in [-0.2, -0.15) is 0 Å². The van der Waals surface area contributed by atoms with Gasteiger partial charge in [0.15, 0.2) is 0 Å². The van der Waals surface area contributed by atoms with E-state index in [4.69, 9.17) is 27.9 Å². The maximum Gasteiger partial charge on any atom is 0.235 e. The molecule has 0 aromatic heterocycles. The summed E-state index contributed by atoms with van der Waals surface area (Å²) in [5.41, 5.74) is 1.74. The van der Waals surface area contributed by atoms with Gasteiger partial charge in [0, 0.05) is 28.5 Å². The number of nitrogens with one attached hydrogen (secondary N) is 1. The molecule has 3 rings (SSSR count). The lowest BCUT2D eigenvalue weighted by atomic mass is 10.0. The largest absolute Gasteiger partial charge is 0.493 e. The zero-order valence-electron chi connectivity index (χ0n) is 14.2. The highest BCUT2D eigenvalue weighted by Gasteiger charge is 2.27. The predicted molar refractivity (Wildman–Crippen MR) is 105 cm³/mol. The minimum absolute atomic E-state index is 0.128. The van der Waals surface area contributed by atoms with Crippen LogP contribution in [-0.4, -0.2) is 22.0 Å². The van der Waals surface area contributed by atoms with Crippen molar-refractivity contribution in [3.63, 3.8) is 0 Å². The number of benzene rings is 2. The van der Waals surface area contributed by atoms with E-state index >= 15 is 0 Å². The minimum atomic E-state index is -1.37. The van der Waals surface area contributed by atoms with Gasteiger partial charge >= 0.3 is 0 Å². The van der Waals surface area contributed by atoms with Crippen molar-refractivity contribution in [1.82, 2.24) is 5.32 Å². The second-order valence-corrected chi connectivity index (χ2v) is 8.72. The van der Waals surface area contributed by atoms with Gasteiger partial charge in [0.2, 0.25) is 5.91 Å². The summed E-state index contributed by atoms with van der Waals surface area (Å²) >= 11 is 11.9. The standard InChI is InChI=1S/C19H19Cl2NO3S/c1-12(26(24)11-13-6-7-15(20)16(21)10-13)19(23)22-17-8-9-25-18-5-3-2-4-14(17)18/h2-7,10,12,17H,8-9,11H2,1H3,(H,22,23)/t12-,17-,26-/m1/s1. The fourth-order valence-electron chi connectivity index (χ4n) is 2.82. The van der Waals surface area contributed by atoms with Crippen LogP contribution < -0.4 is 10.1 Å². The van der Waals surface area contributed by atoms with E-state index in [1.807, 2.05) is 24.3 Å². The number of fused-ring (bicyclic) bond motifs is 1. The fourth-order valence-corrected chi connectivity index (χ4v) is 4.20. The number of para-hydroxylation sites is 1. The number of amides is 1. The van der Waals surface area contributed by atoms with Crippen molar-refractivity contribution in [3.05, 3.63) is 63.6 Å². The molecule has 0 spiro atoms. The smallest absolute Gasteiger partial charge is 0.235 e. The average molecular weight is 412 g/mol. The molecule has 1 aliphatic heterocycles. The van der Waals surface area contributed by atoms with E-state index in [2.05, 4.69) is 5.32 Å². The Morgan fingerprint density at radius 2 is 2.04 bits per heavy atom. The van der Waals surface area contributed by atoms with Gasteiger partial charge in [-0.3, -0.25) is 9.00 Å². The van der Waals surface area contributed by atoms with E-state index in [9.17, 15) is 9.00 Å². The lowest BCUT2D eigenvalue weighted by Gasteiger charge is -2.27. The van der Waals surface area contributed by atoms with Crippen LogP contribution in [0.5, 0.6) is 5.75 Å². The molecule has 2 aromatic carbocycles. The van der Waals surface area contributed by atoms with Crippen LogP contribution in [0.2, 0.25) is 10.0 Å². The first-order valence-corrected chi connectivity index (χ1v) is 10.4. The summed E-state index contributed by atoms with van der Waals surface area (Å²) in [4.78, 5) is 12.6. The van der Waals surface area contributed by atoms with Crippen molar-refractivity contribution in [2.45, 2.75) is 30.4 Å². The third-order valence-electron chi connectivity index (χ3n) is 4.33. The van der Waals surface area contributed by atoms with Crippen molar-refractivity contribution in [3.8, 4) is 5.75 Å². The van der Waals surface area contributed by atoms with Gasteiger partial charge in [0.05, 0.1) is 22.7 Å². The van der Waals surface area contributed by atoms with Gasteiger partial charge < -0.3 is 10.1 Å². The highest BCUT2D eigenvalue weighted by atomic mass is 35.5. The van der Waals surface area contributed by atoms with E-state index < -0.39 is 16.0 Å². The first-order chi connectivity index (χ1) is 12.5. The van der Waals surface area contributed by atoms with Crippen LogP contribution in [0.1, 0.15) is 30.5 Å². The zero-order chi connectivity index (χ0) is 18.7. The molecule has 1 aliphatic rings. The third kappa shape index (κ3) is 4.40. The van der Waals surface area contributed by atoms with Crippen LogP contribution in [-0.2, 0) is 21.3 Å². The second-order valence-electron chi connectivity index (χ2n) is 6.15. The molecule has 7 heteroatoms. The summed E-state index contributed by atoms with van der Waals surface area (Å²) in [6.45, 7) is 2.22. The quantitative estimate of drug-likeness (QED) is 0.798. The molecule has 0 radical (unpaired) electrons. The van der Waals surface area contributed by atoms with E-state index in [-0.39, 0.29) is 17.7 Å². The first-order valence-electron chi connectivity index (χ1n) is 8.29. The third-order valence-corrected chi connectivity index (χ3v) is 6.69. The lowest BCUT2D eigenvalue weighted by molar-refractivity contribution is -0.121. The molecule has 1 amide bonds. The van der Waals surface area contributed by atoms with Gasteiger partial charge in [0.1, 0.15) is 11.0 Å². The number of hydrogen-bond donors (Lipinski definition) is 1. The Hall–Kier alpha value is -1.56. The molecule has 1 N–H and O–H groups in total. The maximum atomic E-state index is 12.6. The van der Waals surface area contributed by atoms with E-state index in [1.54, 1.807) is 25.1 Å². The molecule has 0 fully saturated rings. The van der Waals surface area contributed by atoms with Crippen molar-refractivity contribution in [1.29, 1.82) is 0 Å². The van der Waals surface area contributed by atoms with E-state index in [0.29, 0.717) is 23.1 Å². The summed E-state index contributed by atoms with van der Waals surface area (Å²) < 4.78 is 18.2. The second kappa shape index (κ2) is 8.42. The van der Waals surface area contributed by atoms with Crippen LogP contribution in [0.4, 0.5) is 0 Å². The molecule has 1 heterocycles. The normalized spacial score (nSPS) is 18.3. The zero-order valence-corrected chi connectivity index (χ0v) is 16.5. The van der Waals surface area contributed by atoms with Crippen LogP contribution in [0.25, 0.3) is 0 Å². The Morgan fingerprint density at radius 3 is 2.81 bits per heavy atom. The molecule has 26 heavy (non-hydrogen) atoms. The Balaban J connectivity index is 1.64. The number of carbonyl (C=O) groups excluding carboxylic acids is 1. The average Bonchev–Trinajstić information content (AvgIpc) is 2.64.